The fraction of sp³-hybridized carbons (Fsp3) is 0.353. The predicted octanol–water partition coefficient (Wildman–Crippen LogP) is 0.363. The van der Waals surface area contributed by atoms with Gasteiger partial charge in [0.05, 0.1) is 5.69 Å². The molecule has 8 nitrogen and oxygen atoms in total. The maximum absolute atomic E-state index is 11.9. The number of anilines is 1. The van der Waals surface area contributed by atoms with Gasteiger partial charge in [-0.25, -0.2) is 4.79 Å². The molecule has 2 aromatic rings. The highest BCUT2D eigenvalue weighted by atomic mass is 16.4. The van der Waals surface area contributed by atoms with Crippen molar-refractivity contribution in [3.05, 3.63) is 52.6 Å². The van der Waals surface area contributed by atoms with Gasteiger partial charge < -0.3 is 16.6 Å². The van der Waals surface area contributed by atoms with Crippen LogP contribution in [0.3, 0.4) is 0 Å². The minimum Gasteiger partial charge on any atom is -0.480 e. The third kappa shape index (κ3) is 3.70. The van der Waals surface area contributed by atoms with Crippen molar-refractivity contribution in [2.75, 3.05) is 18.8 Å². The summed E-state index contributed by atoms with van der Waals surface area (Å²) in [5.74, 6) is -0.735. The first-order valence-corrected chi connectivity index (χ1v) is 8.13. The van der Waals surface area contributed by atoms with Crippen LogP contribution in [0.4, 0.5) is 5.82 Å². The Hall–Kier alpha value is -2.71. The van der Waals surface area contributed by atoms with E-state index in [0.29, 0.717) is 24.3 Å². The summed E-state index contributed by atoms with van der Waals surface area (Å²) in [6.07, 6.45) is 3.11. The van der Waals surface area contributed by atoms with E-state index < -0.39 is 17.7 Å². The summed E-state index contributed by atoms with van der Waals surface area (Å²) in [4.78, 5) is 29.3. The monoisotopic (exact) mass is 343 g/mol. The molecule has 0 amide bonds. The molecule has 1 saturated heterocycles. The molecule has 8 heteroatoms. The van der Waals surface area contributed by atoms with Crippen LogP contribution in [0, 0.1) is 0 Å². The summed E-state index contributed by atoms with van der Waals surface area (Å²) < 4.78 is 1.36. The Morgan fingerprint density at radius 3 is 2.40 bits per heavy atom. The SMILES string of the molecule is Nc1ccn(-c2ccc(C(C(=O)O)N3CCC(N)CC3)cc2)c(=O)n1. The number of piperidine rings is 1. The third-order valence-corrected chi connectivity index (χ3v) is 4.49. The normalized spacial score (nSPS) is 17.3. The highest BCUT2D eigenvalue weighted by Crippen LogP contribution is 2.25. The number of nitrogens with two attached hydrogens (primary N) is 2. The van der Waals surface area contributed by atoms with Gasteiger partial charge >= 0.3 is 11.7 Å². The van der Waals surface area contributed by atoms with E-state index in [4.69, 9.17) is 11.5 Å². The number of hydrogen-bond donors (Lipinski definition) is 3. The van der Waals surface area contributed by atoms with Crippen molar-refractivity contribution in [3.8, 4) is 5.69 Å². The van der Waals surface area contributed by atoms with E-state index in [2.05, 4.69) is 4.98 Å². The lowest BCUT2D eigenvalue weighted by atomic mass is 9.99. The molecule has 25 heavy (non-hydrogen) atoms. The number of likely N-dealkylation sites (tertiary alicyclic amines) is 1. The van der Waals surface area contributed by atoms with E-state index in [-0.39, 0.29) is 11.9 Å². The fourth-order valence-corrected chi connectivity index (χ4v) is 3.12. The molecule has 1 aromatic heterocycles. The van der Waals surface area contributed by atoms with E-state index in [1.807, 2.05) is 4.90 Å². The van der Waals surface area contributed by atoms with Crippen molar-refractivity contribution in [2.45, 2.75) is 24.9 Å². The van der Waals surface area contributed by atoms with Crippen LogP contribution in [-0.4, -0.2) is 44.7 Å². The first kappa shape index (κ1) is 17.1. The third-order valence-electron chi connectivity index (χ3n) is 4.49. The highest BCUT2D eigenvalue weighted by molar-refractivity contribution is 5.75. The number of carboxylic acid groups (broad SMARTS) is 1. The van der Waals surface area contributed by atoms with Gasteiger partial charge in [-0.05, 0) is 36.6 Å². The molecule has 132 valence electrons. The van der Waals surface area contributed by atoms with Crippen LogP contribution in [0.25, 0.3) is 5.69 Å². The van der Waals surface area contributed by atoms with Crippen LogP contribution < -0.4 is 17.2 Å². The van der Waals surface area contributed by atoms with E-state index in [1.54, 1.807) is 30.5 Å². The number of hydrogen-bond acceptors (Lipinski definition) is 6. The van der Waals surface area contributed by atoms with Gasteiger partial charge in [0.15, 0.2) is 0 Å². The van der Waals surface area contributed by atoms with Crippen LogP contribution in [-0.2, 0) is 4.79 Å². The van der Waals surface area contributed by atoms with Crippen molar-refractivity contribution >= 4 is 11.8 Å². The lowest BCUT2D eigenvalue weighted by molar-refractivity contribution is -0.144. The van der Waals surface area contributed by atoms with Crippen LogP contribution in [0.15, 0.2) is 41.3 Å². The molecule has 1 aliphatic heterocycles. The van der Waals surface area contributed by atoms with E-state index in [0.717, 1.165) is 12.8 Å². The standard InChI is InChI=1S/C17H21N5O3/c18-12-5-8-21(9-6-12)15(16(23)24)11-1-3-13(4-2-11)22-10-7-14(19)20-17(22)25/h1-4,7,10,12,15H,5-6,8-9,18H2,(H,23,24)(H2,19,20,25). The zero-order valence-corrected chi connectivity index (χ0v) is 13.7. The number of carbonyl (C=O) groups is 1. The molecule has 0 radical (unpaired) electrons. The zero-order chi connectivity index (χ0) is 18.0. The molecule has 3 rings (SSSR count). The molecule has 1 fully saturated rings. The second kappa shape index (κ2) is 7.04. The Balaban J connectivity index is 1.86. The van der Waals surface area contributed by atoms with Crippen LogP contribution in [0.1, 0.15) is 24.4 Å². The van der Waals surface area contributed by atoms with Gasteiger partial charge in [-0.3, -0.25) is 14.3 Å². The quantitative estimate of drug-likeness (QED) is 0.731. The Morgan fingerprint density at radius 1 is 1.20 bits per heavy atom. The van der Waals surface area contributed by atoms with Crippen molar-refractivity contribution in [1.82, 2.24) is 14.5 Å². The average molecular weight is 343 g/mol. The Kier molecular flexibility index (Phi) is 4.82. The van der Waals surface area contributed by atoms with E-state index >= 15 is 0 Å². The van der Waals surface area contributed by atoms with Crippen molar-refractivity contribution < 1.29 is 9.90 Å². The summed E-state index contributed by atoms with van der Waals surface area (Å²) in [5, 5.41) is 9.65. The second-order valence-electron chi connectivity index (χ2n) is 6.21. The minimum atomic E-state index is -0.894. The molecular weight excluding hydrogens is 322 g/mol. The van der Waals surface area contributed by atoms with Gasteiger partial charge in [-0.2, -0.15) is 4.98 Å². The molecule has 5 N–H and O–H groups in total. The number of carboxylic acids is 1. The lowest BCUT2D eigenvalue weighted by Gasteiger charge is -2.34. The minimum absolute atomic E-state index is 0.137. The van der Waals surface area contributed by atoms with Crippen LogP contribution in [0.5, 0.6) is 0 Å². The summed E-state index contributed by atoms with van der Waals surface area (Å²) >= 11 is 0. The van der Waals surface area contributed by atoms with Gasteiger partial charge in [0.2, 0.25) is 0 Å². The second-order valence-corrected chi connectivity index (χ2v) is 6.21. The van der Waals surface area contributed by atoms with Crippen molar-refractivity contribution in [2.24, 2.45) is 5.73 Å². The van der Waals surface area contributed by atoms with Crippen molar-refractivity contribution in [3.63, 3.8) is 0 Å². The van der Waals surface area contributed by atoms with Gasteiger partial charge in [-0.1, -0.05) is 12.1 Å². The molecule has 1 atom stereocenters. The smallest absolute Gasteiger partial charge is 0.354 e. The average Bonchev–Trinajstić information content (AvgIpc) is 2.57. The van der Waals surface area contributed by atoms with E-state index in [1.165, 1.54) is 10.6 Å². The zero-order valence-electron chi connectivity index (χ0n) is 13.7. The number of rotatable bonds is 4. The summed E-state index contributed by atoms with van der Waals surface area (Å²) in [6, 6.07) is 7.82. The number of nitrogens with zero attached hydrogens (tertiary/aromatic N) is 3. The molecule has 0 aliphatic carbocycles. The molecule has 0 spiro atoms. The molecule has 1 unspecified atom stereocenters. The Bertz CT molecular complexity index is 810. The molecule has 1 aliphatic rings. The maximum atomic E-state index is 11.9. The van der Waals surface area contributed by atoms with Crippen molar-refractivity contribution in [1.29, 1.82) is 0 Å². The Labute approximate surface area is 144 Å². The highest BCUT2D eigenvalue weighted by Gasteiger charge is 2.30. The predicted molar refractivity (Wildman–Crippen MR) is 93.4 cm³/mol. The lowest BCUT2D eigenvalue weighted by Crippen LogP contribution is -2.43. The largest absolute Gasteiger partial charge is 0.480 e. The van der Waals surface area contributed by atoms with E-state index in [9.17, 15) is 14.7 Å². The van der Waals surface area contributed by atoms with Gasteiger partial charge in [0.25, 0.3) is 0 Å². The van der Waals surface area contributed by atoms with Crippen LogP contribution >= 0.6 is 0 Å². The molecular formula is C17H21N5O3. The molecule has 0 saturated carbocycles. The fourth-order valence-electron chi connectivity index (χ4n) is 3.12. The first-order valence-electron chi connectivity index (χ1n) is 8.13. The number of benzene rings is 1. The summed E-state index contributed by atoms with van der Waals surface area (Å²) in [7, 11) is 0. The first-order chi connectivity index (χ1) is 12.0. The van der Waals surface area contributed by atoms with Gasteiger partial charge in [0, 0.05) is 25.3 Å². The van der Waals surface area contributed by atoms with Crippen LogP contribution in [0.2, 0.25) is 0 Å². The topological polar surface area (TPSA) is 127 Å². The molecule has 1 aromatic carbocycles. The molecule has 2 heterocycles. The summed E-state index contributed by atoms with van der Waals surface area (Å²) in [6.45, 7) is 1.31. The Morgan fingerprint density at radius 2 is 1.84 bits per heavy atom. The number of aliphatic carboxylic acids is 1. The van der Waals surface area contributed by atoms with Gasteiger partial charge in [0.1, 0.15) is 11.9 Å². The molecule has 0 bridgehead atoms. The number of aromatic nitrogens is 2. The van der Waals surface area contributed by atoms with Gasteiger partial charge in [-0.15, -0.1) is 0 Å². The number of nitrogen functional groups attached to an aromatic ring is 1. The summed E-state index contributed by atoms with van der Waals surface area (Å²) in [5.41, 5.74) is 12.2. The maximum Gasteiger partial charge on any atom is 0.354 e.